The maximum absolute atomic E-state index is 13.1. The first-order valence-corrected chi connectivity index (χ1v) is 11.7. The van der Waals surface area contributed by atoms with Gasteiger partial charge in [0.2, 0.25) is 0 Å². The van der Waals surface area contributed by atoms with Crippen LogP contribution in [0.3, 0.4) is 0 Å². The van der Waals surface area contributed by atoms with Gasteiger partial charge in [-0.15, -0.1) is 0 Å². The Hall–Kier alpha value is -3.67. The van der Waals surface area contributed by atoms with Crippen LogP contribution in [-0.2, 0) is 0 Å². The molecule has 3 aromatic rings. The highest BCUT2D eigenvalue weighted by molar-refractivity contribution is 6.11. The van der Waals surface area contributed by atoms with E-state index in [1.807, 2.05) is 68.4 Å². The monoisotopic (exact) mass is 461 g/mol. The molecule has 0 bridgehead atoms. The number of carbonyl (C=O) groups excluding carboxylic acids is 1. The van der Waals surface area contributed by atoms with Crippen molar-refractivity contribution in [3.05, 3.63) is 77.4 Å². The van der Waals surface area contributed by atoms with Gasteiger partial charge in [-0.1, -0.05) is 11.6 Å². The third-order valence-corrected chi connectivity index (χ3v) is 5.61. The Balaban J connectivity index is 1.45. The highest BCUT2D eigenvalue weighted by atomic mass is 16.5. The van der Waals surface area contributed by atoms with Gasteiger partial charge >= 0.3 is 0 Å². The minimum atomic E-state index is -0.0249. The van der Waals surface area contributed by atoms with Crippen LogP contribution in [0.5, 0.6) is 11.5 Å². The molecule has 0 saturated heterocycles. The number of anilines is 3. The fourth-order valence-electron chi connectivity index (χ4n) is 3.63. The lowest BCUT2D eigenvalue weighted by Gasteiger charge is -2.14. The van der Waals surface area contributed by atoms with Crippen LogP contribution in [0.4, 0.5) is 17.1 Å². The van der Waals surface area contributed by atoms with Crippen molar-refractivity contribution in [3.8, 4) is 11.5 Å². The molecule has 0 heterocycles. The summed E-state index contributed by atoms with van der Waals surface area (Å²) in [5, 5.41) is 0. The van der Waals surface area contributed by atoms with Gasteiger partial charge in [-0.25, -0.2) is 0 Å². The van der Waals surface area contributed by atoms with Crippen molar-refractivity contribution in [2.75, 3.05) is 43.7 Å². The highest BCUT2D eigenvalue weighted by Crippen LogP contribution is 2.25. The number of carbonyl (C=O) groups is 1. The molecule has 0 fully saturated rings. The molecule has 4 N–H and O–H groups in total. The second-order valence-electron chi connectivity index (χ2n) is 8.68. The van der Waals surface area contributed by atoms with Gasteiger partial charge in [0.25, 0.3) is 0 Å². The summed E-state index contributed by atoms with van der Waals surface area (Å²) in [6.45, 7) is 3.16. The molecule has 6 heteroatoms. The largest absolute Gasteiger partial charge is 0.493 e. The van der Waals surface area contributed by atoms with E-state index in [-0.39, 0.29) is 5.78 Å². The molecule has 0 aliphatic carbocycles. The molecule has 0 saturated carbocycles. The summed E-state index contributed by atoms with van der Waals surface area (Å²) in [5.74, 6) is 1.28. The van der Waals surface area contributed by atoms with Crippen LogP contribution in [0.2, 0.25) is 0 Å². The van der Waals surface area contributed by atoms with Crippen LogP contribution >= 0.6 is 0 Å². The Morgan fingerprint density at radius 1 is 0.794 bits per heavy atom. The maximum Gasteiger partial charge on any atom is 0.196 e. The van der Waals surface area contributed by atoms with Gasteiger partial charge in [-0.3, -0.25) is 4.79 Å². The lowest BCUT2D eigenvalue weighted by Crippen LogP contribution is -2.10. The first-order chi connectivity index (χ1) is 16.3. The Bertz CT molecular complexity index is 1090. The van der Waals surface area contributed by atoms with Crippen LogP contribution in [0.1, 0.15) is 47.2 Å². The number of nitrogen functional groups attached to an aromatic ring is 2. The number of ether oxygens (including phenoxy) is 2. The van der Waals surface area contributed by atoms with Crippen LogP contribution in [0, 0.1) is 6.92 Å². The van der Waals surface area contributed by atoms with Crippen molar-refractivity contribution in [2.24, 2.45) is 0 Å². The minimum absolute atomic E-state index is 0.0249. The minimum Gasteiger partial charge on any atom is -0.493 e. The zero-order valence-corrected chi connectivity index (χ0v) is 20.3. The summed E-state index contributed by atoms with van der Waals surface area (Å²) in [5.41, 5.74) is 16.1. The molecule has 0 spiro atoms. The second kappa shape index (κ2) is 12.0. The average Bonchev–Trinajstić information content (AvgIpc) is 2.82. The van der Waals surface area contributed by atoms with Gasteiger partial charge in [0.05, 0.1) is 24.5 Å². The molecule has 3 aromatic carbocycles. The highest BCUT2D eigenvalue weighted by Gasteiger charge is 2.15. The van der Waals surface area contributed by atoms with Crippen molar-refractivity contribution >= 4 is 22.8 Å². The van der Waals surface area contributed by atoms with Crippen LogP contribution < -0.4 is 25.8 Å². The number of nitrogens with zero attached hydrogens (tertiary/aromatic N) is 1. The van der Waals surface area contributed by atoms with E-state index < -0.39 is 0 Å². The number of unbranched alkanes of at least 4 members (excludes halogenated alkanes) is 3. The number of nitrogens with two attached hydrogens (primary N) is 2. The Kier molecular flexibility index (Phi) is 8.79. The Morgan fingerprint density at radius 3 is 2.03 bits per heavy atom. The number of hydrogen-bond donors (Lipinski definition) is 2. The Morgan fingerprint density at radius 2 is 1.41 bits per heavy atom. The molecule has 0 amide bonds. The summed E-state index contributed by atoms with van der Waals surface area (Å²) in [7, 11) is 3.96. The smallest absolute Gasteiger partial charge is 0.196 e. The van der Waals surface area contributed by atoms with Gasteiger partial charge in [0, 0.05) is 31.0 Å². The third kappa shape index (κ3) is 6.91. The quantitative estimate of drug-likeness (QED) is 0.211. The molecule has 34 heavy (non-hydrogen) atoms. The van der Waals surface area contributed by atoms with E-state index in [0.717, 1.165) is 36.9 Å². The zero-order valence-electron chi connectivity index (χ0n) is 20.3. The molecule has 0 atom stereocenters. The van der Waals surface area contributed by atoms with Crippen molar-refractivity contribution < 1.29 is 14.3 Å². The van der Waals surface area contributed by atoms with Gasteiger partial charge in [-0.05, 0) is 87.2 Å². The second-order valence-corrected chi connectivity index (χ2v) is 8.68. The summed E-state index contributed by atoms with van der Waals surface area (Å²) in [6.07, 6.45) is 3.88. The lowest BCUT2D eigenvalue weighted by molar-refractivity contribution is 0.103. The molecular formula is C28H35N3O3. The molecular weight excluding hydrogens is 426 g/mol. The van der Waals surface area contributed by atoms with E-state index in [9.17, 15) is 4.79 Å². The fraction of sp³-hybridized carbons (Fsp3) is 0.321. The fourth-order valence-corrected chi connectivity index (χ4v) is 3.63. The van der Waals surface area contributed by atoms with Crippen molar-refractivity contribution in [1.29, 1.82) is 0 Å². The van der Waals surface area contributed by atoms with E-state index in [0.29, 0.717) is 47.2 Å². The number of aryl methyl sites for hydroxylation is 1. The summed E-state index contributed by atoms with van der Waals surface area (Å²) < 4.78 is 11.7. The van der Waals surface area contributed by atoms with Crippen LogP contribution in [0.15, 0.2) is 60.7 Å². The molecule has 0 aliphatic rings. The molecule has 180 valence electrons. The van der Waals surface area contributed by atoms with E-state index in [2.05, 4.69) is 0 Å². The number of ketones is 1. The molecule has 0 aromatic heterocycles. The van der Waals surface area contributed by atoms with Gasteiger partial charge in [0.1, 0.15) is 11.5 Å². The van der Waals surface area contributed by atoms with Crippen LogP contribution in [-0.4, -0.2) is 33.1 Å². The third-order valence-electron chi connectivity index (χ3n) is 5.61. The van der Waals surface area contributed by atoms with E-state index in [1.54, 1.807) is 18.2 Å². The van der Waals surface area contributed by atoms with E-state index in [4.69, 9.17) is 20.9 Å². The topological polar surface area (TPSA) is 90.8 Å². The van der Waals surface area contributed by atoms with Gasteiger partial charge in [-0.2, -0.15) is 0 Å². The first kappa shape index (κ1) is 25.0. The molecule has 0 unspecified atom stereocenters. The average molecular weight is 462 g/mol. The molecule has 6 nitrogen and oxygen atoms in total. The van der Waals surface area contributed by atoms with Crippen molar-refractivity contribution in [1.82, 2.24) is 0 Å². The van der Waals surface area contributed by atoms with Gasteiger partial charge in [0.15, 0.2) is 5.78 Å². The predicted molar refractivity (Wildman–Crippen MR) is 140 cm³/mol. The summed E-state index contributed by atoms with van der Waals surface area (Å²) in [6, 6.07) is 18.7. The number of benzene rings is 3. The summed E-state index contributed by atoms with van der Waals surface area (Å²) >= 11 is 0. The summed E-state index contributed by atoms with van der Waals surface area (Å²) in [4.78, 5) is 15.2. The van der Waals surface area contributed by atoms with Crippen molar-refractivity contribution in [3.63, 3.8) is 0 Å². The maximum atomic E-state index is 13.1. The van der Waals surface area contributed by atoms with Crippen LogP contribution in [0.25, 0.3) is 0 Å². The molecule has 3 rings (SSSR count). The van der Waals surface area contributed by atoms with E-state index >= 15 is 0 Å². The SMILES string of the molecule is Cc1ccc(OCCCCCCOc2ccc(N)cc2N)c(C(=O)c2ccc(N(C)C)cc2)c1. The molecule has 0 radical (unpaired) electrons. The number of rotatable bonds is 12. The van der Waals surface area contributed by atoms with Gasteiger partial charge < -0.3 is 25.8 Å². The van der Waals surface area contributed by atoms with Crippen molar-refractivity contribution in [2.45, 2.75) is 32.6 Å². The normalized spacial score (nSPS) is 10.7. The number of hydrogen-bond acceptors (Lipinski definition) is 6. The Labute approximate surface area is 202 Å². The lowest BCUT2D eigenvalue weighted by atomic mass is 10.0. The predicted octanol–water partition coefficient (Wildman–Crippen LogP) is 5.47. The standard InChI is InChI=1S/C28H35N3O3/c1-20-8-14-26(24(18-20)28(32)21-9-12-23(13-10-21)31(2)3)33-16-6-4-5-7-17-34-27-15-11-22(29)19-25(27)30/h8-15,18-19H,4-7,16-17,29-30H2,1-3H3. The van der Waals surface area contributed by atoms with E-state index in [1.165, 1.54) is 0 Å². The molecule has 0 aliphatic heterocycles. The zero-order chi connectivity index (χ0) is 24.5. The first-order valence-electron chi connectivity index (χ1n) is 11.7.